The van der Waals surface area contributed by atoms with Gasteiger partial charge in [-0.15, -0.1) is 12.4 Å². The molecule has 0 spiro atoms. The van der Waals surface area contributed by atoms with Gasteiger partial charge < -0.3 is 16.5 Å². The molecular formula is C17H19Cl2F4N5O2. The number of nitrogen functional groups attached to an aromatic ring is 1. The molecule has 2 fully saturated rings. The molecule has 2 heterocycles. The lowest BCUT2D eigenvalue weighted by atomic mass is 9.96. The number of benzene rings is 1. The van der Waals surface area contributed by atoms with Gasteiger partial charge in [0.25, 0.3) is 5.56 Å². The van der Waals surface area contributed by atoms with Crippen LogP contribution in [0.15, 0.2) is 15.7 Å². The third-order valence-corrected chi connectivity index (χ3v) is 6.02. The Morgan fingerprint density at radius 1 is 1.20 bits per heavy atom. The molecule has 0 radical (unpaired) electrons. The van der Waals surface area contributed by atoms with Crippen molar-refractivity contribution in [2.45, 2.75) is 25.1 Å². The van der Waals surface area contributed by atoms with Crippen LogP contribution in [-0.4, -0.2) is 35.1 Å². The Morgan fingerprint density at radius 3 is 2.33 bits per heavy atom. The molecule has 2 aliphatic rings. The van der Waals surface area contributed by atoms with E-state index in [1.165, 1.54) is 9.47 Å². The first-order valence-corrected chi connectivity index (χ1v) is 9.40. The monoisotopic (exact) mass is 471 g/mol. The third-order valence-electron chi connectivity index (χ3n) is 5.66. The van der Waals surface area contributed by atoms with Crippen molar-refractivity contribution in [1.82, 2.24) is 9.24 Å². The van der Waals surface area contributed by atoms with Crippen LogP contribution in [0.25, 0.3) is 10.9 Å². The quantitative estimate of drug-likeness (QED) is 0.526. The van der Waals surface area contributed by atoms with Crippen LogP contribution < -0.4 is 27.7 Å². The smallest absolute Gasteiger partial charge is 0.367 e. The van der Waals surface area contributed by atoms with Gasteiger partial charge >= 0.3 is 11.9 Å². The maximum Gasteiger partial charge on any atom is 0.393 e. The van der Waals surface area contributed by atoms with E-state index in [2.05, 4.69) is 0 Å². The summed E-state index contributed by atoms with van der Waals surface area (Å²) in [4.78, 5) is 26.1. The summed E-state index contributed by atoms with van der Waals surface area (Å²) in [6.07, 6.45) is -3.21. The van der Waals surface area contributed by atoms with Crippen molar-refractivity contribution in [2.24, 2.45) is 17.6 Å². The predicted molar refractivity (Wildman–Crippen MR) is 107 cm³/mol. The Balaban J connectivity index is 0.00000256. The number of halogens is 6. The van der Waals surface area contributed by atoms with E-state index in [-0.39, 0.29) is 53.2 Å². The molecule has 13 heteroatoms. The highest BCUT2D eigenvalue weighted by Crippen LogP contribution is 2.44. The highest BCUT2D eigenvalue weighted by molar-refractivity contribution is 6.38. The summed E-state index contributed by atoms with van der Waals surface area (Å²) >= 11 is 6.41. The predicted octanol–water partition coefficient (Wildman–Crippen LogP) is 2.00. The summed E-state index contributed by atoms with van der Waals surface area (Å²) in [7, 11) is 0. The van der Waals surface area contributed by atoms with Crippen molar-refractivity contribution in [3.63, 3.8) is 0 Å². The molecule has 4 N–H and O–H groups in total. The van der Waals surface area contributed by atoms with E-state index >= 15 is 0 Å². The molecular weight excluding hydrogens is 453 g/mol. The first-order valence-electron chi connectivity index (χ1n) is 9.02. The van der Waals surface area contributed by atoms with Gasteiger partial charge in [0.15, 0.2) is 0 Å². The molecule has 2 atom stereocenters. The van der Waals surface area contributed by atoms with Crippen LogP contribution in [0.2, 0.25) is 5.02 Å². The van der Waals surface area contributed by atoms with E-state index in [4.69, 9.17) is 23.2 Å². The van der Waals surface area contributed by atoms with Crippen LogP contribution >= 0.6 is 24.0 Å². The molecule has 1 aromatic carbocycles. The number of fused-ring (bicyclic) bond motifs is 1. The number of hydrogen-bond donors (Lipinski definition) is 2. The standard InChI is InChI=1S/C17H18ClF4N5O2.ClH/c18-12-13-9(15(28)27(24)16(29)26(13)8-1-2-8)3-11(19)14(12)25-5-7(4-23)10(6-25)17(20,21)22;/h3,7-8,10H,1-2,4-6,23-24H2;1H/t7-,10-;/m0./s1. The number of nitrogens with zero attached hydrogens (tertiary/aromatic N) is 3. The molecule has 1 aliphatic heterocycles. The Hall–Kier alpha value is -1.98. The second kappa shape index (κ2) is 7.61. The van der Waals surface area contributed by atoms with Crippen LogP contribution in [0.5, 0.6) is 0 Å². The van der Waals surface area contributed by atoms with Gasteiger partial charge in [-0.25, -0.2) is 9.18 Å². The Morgan fingerprint density at radius 2 is 1.83 bits per heavy atom. The van der Waals surface area contributed by atoms with Gasteiger partial charge in [0.05, 0.1) is 27.5 Å². The molecule has 7 nitrogen and oxygen atoms in total. The molecule has 1 aromatic heterocycles. The lowest BCUT2D eigenvalue weighted by Crippen LogP contribution is -2.44. The summed E-state index contributed by atoms with van der Waals surface area (Å²) in [5.41, 5.74) is 3.48. The Labute approximate surface area is 178 Å². The van der Waals surface area contributed by atoms with Gasteiger partial charge in [-0.2, -0.15) is 17.8 Å². The molecule has 30 heavy (non-hydrogen) atoms. The van der Waals surface area contributed by atoms with E-state index in [0.717, 1.165) is 6.07 Å². The van der Waals surface area contributed by atoms with Crippen molar-refractivity contribution >= 4 is 40.6 Å². The fourth-order valence-electron chi connectivity index (χ4n) is 4.05. The average molecular weight is 472 g/mol. The van der Waals surface area contributed by atoms with Crippen molar-refractivity contribution in [2.75, 3.05) is 30.4 Å². The number of aromatic nitrogens is 2. The summed E-state index contributed by atoms with van der Waals surface area (Å²) < 4.78 is 56.6. The van der Waals surface area contributed by atoms with E-state index in [1.807, 2.05) is 0 Å². The van der Waals surface area contributed by atoms with Crippen LogP contribution in [0, 0.1) is 17.7 Å². The third kappa shape index (κ3) is 3.42. The van der Waals surface area contributed by atoms with E-state index in [1.54, 1.807) is 0 Å². The fraction of sp³-hybridized carbons (Fsp3) is 0.529. The van der Waals surface area contributed by atoms with Crippen LogP contribution in [0.1, 0.15) is 18.9 Å². The highest BCUT2D eigenvalue weighted by Gasteiger charge is 2.50. The Kier molecular flexibility index (Phi) is 5.76. The number of rotatable bonds is 3. The first kappa shape index (κ1) is 22.7. The molecule has 2 aromatic rings. The van der Waals surface area contributed by atoms with Gasteiger partial charge in [-0.1, -0.05) is 11.6 Å². The zero-order valence-electron chi connectivity index (χ0n) is 15.5. The lowest BCUT2D eigenvalue weighted by molar-refractivity contribution is -0.177. The van der Waals surface area contributed by atoms with Gasteiger partial charge in [0, 0.05) is 25.0 Å². The maximum atomic E-state index is 14.9. The molecule has 1 saturated heterocycles. The average Bonchev–Trinajstić information content (AvgIpc) is 3.38. The zero-order valence-corrected chi connectivity index (χ0v) is 17.0. The fourth-order valence-corrected chi connectivity index (χ4v) is 4.45. The van der Waals surface area contributed by atoms with E-state index < -0.39 is 41.6 Å². The van der Waals surface area contributed by atoms with Crippen molar-refractivity contribution in [3.05, 3.63) is 37.7 Å². The number of alkyl halides is 3. The number of anilines is 1. The van der Waals surface area contributed by atoms with Gasteiger partial charge in [0.1, 0.15) is 5.82 Å². The van der Waals surface area contributed by atoms with Crippen LogP contribution in [0.4, 0.5) is 23.2 Å². The number of hydrogen-bond acceptors (Lipinski definition) is 5. The molecule has 0 amide bonds. The molecule has 4 rings (SSSR count). The van der Waals surface area contributed by atoms with E-state index in [9.17, 15) is 27.2 Å². The largest absolute Gasteiger partial charge is 0.393 e. The molecule has 1 aliphatic carbocycles. The highest BCUT2D eigenvalue weighted by atomic mass is 35.5. The molecule has 166 valence electrons. The van der Waals surface area contributed by atoms with Gasteiger partial charge in [-0.3, -0.25) is 9.36 Å². The normalized spacial score (nSPS) is 21.9. The molecule has 0 unspecified atom stereocenters. The maximum absolute atomic E-state index is 14.9. The topological polar surface area (TPSA) is 99.3 Å². The van der Waals surface area contributed by atoms with Crippen LogP contribution in [-0.2, 0) is 0 Å². The lowest BCUT2D eigenvalue weighted by Gasteiger charge is -2.23. The minimum absolute atomic E-state index is 0. The minimum atomic E-state index is -4.50. The van der Waals surface area contributed by atoms with Crippen LogP contribution in [0.3, 0.4) is 0 Å². The van der Waals surface area contributed by atoms with Crippen molar-refractivity contribution in [1.29, 1.82) is 0 Å². The summed E-state index contributed by atoms with van der Waals surface area (Å²) in [5.74, 6) is 1.91. The minimum Gasteiger partial charge on any atom is -0.367 e. The summed E-state index contributed by atoms with van der Waals surface area (Å²) in [5, 5.41) is -0.479. The SMILES string of the molecule is Cl.NC[C@H]1CN(c2c(F)cc3c(=O)n(N)c(=O)n(C4CC4)c3c2Cl)C[C@@H]1C(F)(F)F. The Bertz CT molecular complexity index is 1110. The summed E-state index contributed by atoms with van der Waals surface area (Å²) in [6, 6.07) is 0.619. The van der Waals surface area contributed by atoms with Gasteiger partial charge in [-0.05, 0) is 25.5 Å². The summed E-state index contributed by atoms with van der Waals surface area (Å²) in [6.45, 7) is -0.891. The number of nitrogens with two attached hydrogens (primary N) is 2. The second-order valence-electron chi connectivity index (χ2n) is 7.52. The van der Waals surface area contributed by atoms with Crippen molar-refractivity contribution < 1.29 is 17.6 Å². The van der Waals surface area contributed by atoms with E-state index in [0.29, 0.717) is 17.5 Å². The molecule has 0 bridgehead atoms. The first-order chi connectivity index (χ1) is 13.6. The second-order valence-corrected chi connectivity index (χ2v) is 7.90. The van der Waals surface area contributed by atoms with Gasteiger partial charge in [0.2, 0.25) is 0 Å². The zero-order chi connectivity index (χ0) is 21.2. The molecule has 1 saturated carbocycles. The van der Waals surface area contributed by atoms with Crippen molar-refractivity contribution in [3.8, 4) is 0 Å².